The number of amides is 5. The third kappa shape index (κ3) is 25.8. The number of ether oxygens (including phenoxy) is 3. The first-order chi connectivity index (χ1) is 35.8. The molecule has 28 heteroatoms. The second kappa shape index (κ2) is 30.2. The van der Waals surface area contributed by atoms with Crippen molar-refractivity contribution in [3.8, 4) is 0 Å². The molecule has 428 valence electrons. The summed E-state index contributed by atoms with van der Waals surface area (Å²) in [6.07, 6.45) is -7.34. The van der Waals surface area contributed by atoms with Gasteiger partial charge >= 0.3 is 30.6 Å². The number of nitrogens with zero attached hydrogens (tertiary/aromatic N) is 6. The number of carbonyl (C=O) groups excluding carboxylic acids is 5. The van der Waals surface area contributed by atoms with Crippen LogP contribution in [0.2, 0.25) is 0 Å². The molecule has 4 aromatic rings. The van der Waals surface area contributed by atoms with E-state index in [0.29, 0.717) is 37.3 Å². The molecule has 7 N–H and O–H groups in total. The lowest BCUT2D eigenvalue weighted by molar-refractivity contribution is -0.134. The monoisotopic (exact) mass is 1220 g/mol. The highest BCUT2D eigenvalue weighted by Gasteiger charge is 2.35. The Kier molecular flexibility index (Phi) is 25.6. The zero-order valence-electron chi connectivity index (χ0n) is 43.9. The number of aryl methyl sites for hydroxylation is 2. The van der Waals surface area contributed by atoms with Gasteiger partial charge in [-0.15, -0.1) is 0 Å². The lowest BCUT2D eigenvalue weighted by Crippen LogP contribution is -2.56. The Labute approximate surface area is 459 Å². The van der Waals surface area contributed by atoms with E-state index in [1.165, 1.54) is 22.0 Å². The number of alkyl carbamates (subject to hydrolysis) is 3. The molecule has 0 aliphatic rings. The number of hydrogen-bond donors (Lipinski definition) is 6. The molecular formula is C49H68Br2F6N12O8. The van der Waals surface area contributed by atoms with Crippen molar-refractivity contribution in [2.75, 3.05) is 26.3 Å². The molecule has 77 heavy (non-hydrogen) atoms. The van der Waals surface area contributed by atoms with Crippen LogP contribution in [0.3, 0.4) is 0 Å². The van der Waals surface area contributed by atoms with Crippen LogP contribution in [0.25, 0.3) is 0 Å². The molecule has 0 aliphatic heterocycles. The third-order valence-corrected chi connectivity index (χ3v) is 12.3. The molecular weight excluding hydrogens is 1160 g/mol. The highest BCUT2D eigenvalue weighted by atomic mass is 79.9. The van der Waals surface area contributed by atoms with E-state index in [-0.39, 0.29) is 32.2 Å². The van der Waals surface area contributed by atoms with E-state index in [1.807, 2.05) is 59.2 Å². The first kappa shape index (κ1) is 65.3. The average molecular weight is 1230 g/mol. The Morgan fingerprint density at radius 2 is 1.03 bits per heavy atom. The highest BCUT2D eigenvalue weighted by Crippen LogP contribution is 2.25. The van der Waals surface area contributed by atoms with Crippen LogP contribution in [0.5, 0.6) is 0 Å². The minimum absolute atomic E-state index is 0.0399. The normalized spacial score (nSPS) is 12.8. The van der Waals surface area contributed by atoms with Crippen LogP contribution < -0.4 is 32.3 Å². The van der Waals surface area contributed by atoms with Crippen molar-refractivity contribution in [2.24, 2.45) is 5.73 Å². The van der Waals surface area contributed by atoms with Gasteiger partial charge in [0.05, 0.1) is 43.6 Å². The van der Waals surface area contributed by atoms with Crippen LogP contribution in [0, 0.1) is 0 Å². The predicted molar refractivity (Wildman–Crippen MR) is 278 cm³/mol. The largest absolute Gasteiger partial charge is 0.448 e. The molecule has 2 atom stereocenters. The molecule has 5 amide bonds. The molecule has 0 fully saturated rings. The summed E-state index contributed by atoms with van der Waals surface area (Å²) < 4.78 is 93.5. The number of halogens is 8. The van der Waals surface area contributed by atoms with Crippen LogP contribution in [0.15, 0.2) is 70.1 Å². The van der Waals surface area contributed by atoms with Gasteiger partial charge in [0.2, 0.25) is 11.8 Å². The number of nitrogens with two attached hydrogens (primary N) is 1. The number of rotatable bonds is 25. The predicted octanol–water partition coefficient (Wildman–Crippen LogP) is 8.84. The minimum Gasteiger partial charge on any atom is -0.448 e. The Morgan fingerprint density at radius 1 is 0.623 bits per heavy atom. The lowest BCUT2D eigenvalue weighted by atomic mass is 10.0. The smallest absolute Gasteiger partial charge is 0.408 e. The molecule has 0 saturated carbocycles. The summed E-state index contributed by atoms with van der Waals surface area (Å²) in [5, 5.41) is 20.8. The first-order valence-corrected chi connectivity index (χ1v) is 26.0. The van der Waals surface area contributed by atoms with Gasteiger partial charge < -0.3 is 46.5 Å². The van der Waals surface area contributed by atoms with Gasteiger partial charge in [-0.3, -0.25) is 9.59 Å². The second-order valence-electron chi connectivity index (χ2n) is 19.5. The molecule has 2 aromatic heterocycles. The van der Waals surface area contributed by atoms with Crippen LogP contribution in [-0.4, -0.2) is 115 Å². The van der Waals surface area contributed by atoms with Gasteiger partial charge in [0.25, 0.3) is 0 Å². The van der Waals surface area contributed by atoms with Gasteiger partial charge in [-0.05, 0) is 110 Å². The summed E-state index contributed by atoms with van der Waals surface area (Å²) in [4.78, 5) is 70.2. The Morgan fingerprint density at radius 3 is 1.40 bits per heavy atom. The molecule has 4 rings (SSSR count). The summed E-state index contributed by atoms with van der Waals surface area (Å²) in [7, 11) is 0. The van der Waals surface area contributed by atoms with Gasteiger partial charge in [-0.1, -0.05) is 68.3 Å². The maximum absolute atomic E-state index is 13.3. The molecule has 0 spiro atoms. The number of nitrogens with one attached hydrogen (secondary N) is 5. The van der Waals surface area contributed by atoms with Crippen molar-refractivity contribution < 1.29 is 64.5 Å². The van der Waals surface area contributed by atoms with E-state index in [9.17, 15) is 50.3 Å². The van der Waals surface area contributed by atoms with Crippen molar-refractivity contribution in [2.45, 2.75) is 154 Å². The Balaban J connectivity index is 0.000000412. The summed E-state index contributed by atoms with van der Waals surface area (Å²) >= 11 is 7.07. The third-order valence-electron chi connectivity index (χ3n) is 10.7. The van der Waals surface area contributed by atoms with E-state index in [4.69, 9.17) is 19.9 Å². The minimum atomic E-state index is -4.39. The van der Waals surface area contributed by atoms with Crippen LogP contribution in [-0.2, 0) is 49.7 Å². The van der Waals surface area contributed by atoms with E-state index >= 15 is 0 Å². The molecule has 0 saturated heterocycles. The standard InChI is InChI=1S/C27H38BrF3N6O5.C22H30BrF3N6O3/c1-25(2,3)42-24(40)36-26(4,5)22(38)35-20(12-8-10-18-9-6-7-11-19(18)28)21-33-17-34-37(21)15-16-41-23(39)32-14-13-27(29,30)31;1-21(2,27)19(33)31-17(9-5-7-15-6-3-4-8-16(15)23)18-29-14-30-32(18)12-13-35-20(34)28-11-10-22(24,25)26/h6-7,9,11,17,20H,8,10,12-16H2,1-5H3,(H,32,39)(H,35,38)(H,36,40);3-4,6,8,14,17H,5,7,9-13,27H2,1-2H3,(H,28,34)(H,31,33). The first-order valence-electron chi connectivity index (χ1n) is 24.4. The van der Waals surface area contributed by atoms with Crippen LogP contribution >= 0.6 is 31.9 Å². The molecule has 2 heterocycles. The number of aromatic nitrogens is 6. The fourth-order valence-electron chi connectivity index (χ4n) is 6.82. The van der Waals surface area contributed by atoms with Gasteiger partial charge in [-0.25, -0.2) is 33.7 Å². The van der Waals surface area contributed by atoms with Crippen molar-refractivity contribution in [1.29, 1.82) is 0 Å². The number of hydrogen-bond acceptors (Lipinski definition) is 13. The summed E-state index contributed by atoms with van der Waals surface area (Å²) in [5.74, 6) is -0.0206. The molecule has 0 radical (unpaired) electrons. The topological polar surface area (TPSA) is 261 Å². The summed E-state index contributed by atoms with van der Waals surface area (Å²) in [6, 6.07) is 14.5. The second-order valence-corrected chi connectivity index (χ2v) is 21.2. The lowest BCUT2D eigenvalue weighted by Gasteiger charge is -2.29. The summed E-state index contributed by atoms with van der Waals surface area (Å²) in [5.41, 5.74) is 4.95. The van der Waals surface area contributed by atoms with Gasteiger partial charge in [0.1, 0.15) is 48.7 Å². The maximum Gasteiger partial charge on any atom is 0.408 e. The average Bonchev–Trinajstić information content (AvgIpc) is 3.98. The Hall–Kier alpha value is -6.03. The molecule has 2 aromatic carbocycles. The highest BCUT2D eigenvalue weighted by molar-refractivity contribution is 9.10. The number of carbonyl (C=O) groups is 5. The van der Waals surface area contributed by atoms with Gasteiger partial charge in [0, 0.05) is 22.0 Å². The SMILES string of the molecule is CC(C)(C)OC(=O)NC(C)(C)C(=O)NC(CCCc1ccccc1Br)c1ncnn1CCOC(=O)NCCC(F)(F)F.CC(C)(N)C(=O)NC(CCCc1ccccc1Br)c1ncnn1CCOC(=O)NCCC(F)(F)F. The van der Waals surface area contributed by atoms with E-state index in [0.717, 1.165) is 32.9 Å². The van der Waals surface area contributed by atoms with Crippen molar-refractivity contribution in [1.82, 2.24) is 56.1 Å². The molecule has 0 aliphatic carbocycles. The van der Waals surface area contributed by atoms with E-state index < -0.39 is 91.2 Å². The zero-order valence-corrected chi connectivity index (χ0v) is 47.1. The van der Waals surface area contributed by atoms with Crippen molar-refractivity contribution in [3.05, 3.63) is 92.9 Å². The fourth-order valence-corrected chi connectivity index (χ4v) is 7.79. The molecule has 0 bridgehead atoms. The van der Waals surface area contributed by atoms with Gasteiger partial charge in [0.15, 0.2) is 0 Å². The van der Waals surface area contributed by atoms with Crippen LogP contribution in [0.1, 0.15) is 122 Å². The van der Waals surface area contributed by atoms with Crippen LogP contribution in [0.4, 0.5) is 40.7 Å². The van der Waals surface area contributed by atoms with E-state index in [2.05, 4.69) is 68.0 Å². The quantitative estimate of drug-likeness (QED) is 0.0268. The maximum atomic E-state index is 13.3. The fraction of sp³-hybridized carbons (Fsp3) is 0.571. The van der Waals surface area contributed by atoms with Gasteiger partial charge in [-0.2, -0.15) is 36.5 Å². The van der Waals surface area contributed by atoms with Crippen molar-refractivity contribution >= 4 is 62.0 Å². The molecule has 2 unspecified atom stereocenters. The van der Waals surface area contributed by atoms with E-state index in [1.54, 1.807) is 48.5 Å². The number of benzene rings is 2. The molecule has 20 nitrogen and oxygen atoms in total. The Bertz CT molecular complexity index is 2520. The number of alkyl halides is 6. The summed E-state index contributed by atoms with van der Waals surface area (Å²) in [6.45, 7) is 10.0. The zero-order chi connectivity index (χ0) is 57.6. The van der Waals surface area contributed by atoms with Crippen molar-refractivity contribution in [3.63, 3.8) is 0 Å².